The Morgan fingerprint density at radius 3 is 1.69 bits per heavy atom. The lowest BCUT2D eigenvalue weighted by atomic mass is 9.81. The van der Waals surface area contributed by atoms with E-state index in [0.717, 1.165) is 16.7 Å². The fraction of sp³-hybridized carbons (Fsp3) is 0.0851. The molecule has 8 rings (SSSR count). The Labute approximate surface area is 282 Å². The van der Waals surface area contributed by atoms with E-state index in [1.165, 1.54) is 82.7 Å². The fourth-order valence-electron chi connectivity index (χ4n) is 7.33. The number of hydrogen-bond donors (Lipinski definition) is 1. The Morgan fingerprint density at radius 2 is 1.10 bits per heavy atom. The largest absolute Gasteiger partial charge is 0.308 e. The Balaban J connectivity index is 1.36. The van der Waals surface area contributed by atoms with Crippen molar-refractivity contribution < 1.29 is 0 Å². The molecule has 0 unspecified atom stereocenters. The summed E-state index contributed by atoms with van der Waals surface area (Å²) in [6, 6.07) is 49.2. The van der Waals surface area contributed by atoms with E-state index < -0.39 is 0 Å². The van der Waals surface area contributed by atoms with Gasteiger partial charge < -0.3 is 5.41 Å². The van der Waals surface area contributed by atoms with Crippen LogP contribution in [0.5, 0.6) is 0 Å². The third-order valence-electron chi connectivity index (χ3n) is 9.86. The highest BCUT2D eigenvalue weighted by Crippen LogP contribution is 2.45. The molecule has 8 aromatic rings. The summed E-state index contributed by atoms with van der Waals surface area (Å²) >= 11 is 0. The molecule has 1 heteroatoms. The molecule has 0 aliphatic rings. The number of nitrogens with one attached hydrogen (secondary N) is 1. The van der Waals surface area contributed by atoms with Crippen molar-refractivity contribution in [3.8, 4) is 33.4 Å². The second-order valence-corrected chi connectivity index (χ2v) is 13.8. The second kappa shape index (κ2) is 11.5. The van der Waals surface area contributed by atoms with Crippen LogP contribution in [-0.2, 0) is 5.41 Å². The van der Waals surface area contributed by atoms with Crippen LogP contribution < -0.4 is 0 Å². The van der Waals surface area contributed by atoms with Crippen LogP contribution in [0.1, 0.15) is 31.9 Å². The molecule has 230 valence electrons. The third-order valence-corrected chi connectivity index (χ3v) is 9.86. The highest BCUT2D eigenvalue weighted by molar-refractivity contribution is 6.28. The lowest BCUT2D eigenvalue weighted by molar-refractivity contribution is 0.591. The van der Waals surface area contributed by atoms with Gasteiger partial charge in [0.1, 0.15) is 0 Å². The van der Waals surface area contributed by atoms with Gasteiger partial charge in [0.25, 0.3) is 0 Å². The van der Waals surface area contributed by atoms with Crippen molar-refractivity contribution >= 4 is 54.9 Å². The Kier molecular flexibility index (Phi) is 7.07. The number of benzene rings is 8. The normalized spacial score (nSPS) is 12.4. The van der Waals surface area contributed by atoms with E-state index in [1.807, 2.05) is 6.08 Å². The van der Waals surface area contributed by atoms with E-state index in [9.17, 15) is 0 Å². The zero-order valence-electron chi connectivity index (χ0n) is 27.6. The third kappa shape index (κ3) is 4.91. The predicted octanol–water partition coefficient (Wildman–Crippen LogP) is 13.3. The van der Waals surface area contributed by atoms with E-state index in [4.69, 9.17) is 5.41 Å². The molecule has 0 saturated heterocycles. The first-order valence-corrected chi connectivity index (χ1v) is 16.6. The maximum Gasteiger partial charge on any atom is 0.0256 e. The summed E-state index contributed by atoms with van der Waals surface area (Å²) in [5.41, 5.74) is 10.5. The van der Waals surface area contributed by atoms with Gasteiger partial charge in [-0.15, -0.1) is 0 Å². The zero-order valence-corrected chi connectivity index (χ0v) is 27.6. The molecule has 0 radical (unpaired) electrons. The Bertz CT molecular complexity index is 2510. The van der Waals surface area contributed by atoms with Crippen molar-refractivity contribution in [1.29, 1.82) is 5.41 Å². The van der Waals surface area contributed by atoms with E-state index in [-0.39, 0.29) is 5.41 Å². The molecule has 0 fully saturated rings. The SMILES string of the molecule is C=C/C=C(\C=N)c1ccc(-c2cc(-c3ccc(-c4cccc5ccccc45)cc3)c3ccc4cc(C(C)(C)C)cc5ccc2c3c54)cc1. The molecular weight excluding hydrogens is 579 g/mol. The van der Waals surface area contributed by atoms with Gasteiger partial charge in [-0.25, -0.2) is 0 Å². The summed E-state index contributed by atoms with van der Waals surface area (Å²) in [5, 5.41) is 18.1. The lowest BCUT2D eigenvalue weighted by Gasteiger charge is -2.23. The van der Waals surface area contributed by atoms with E-state index >= 15 is 0 Å². The molecule has 1 N–H and O–H groups in total. The van der Waals surface area contributed by atoms with Crippen LogP contribution in [0, 0.1) is 5.41 Å². The molecule has 1 nitrogen and oxygen atoms in total. The molecule has 0 aliphatic carbocycles. The first-order chi connectivity index (χ1) is 23.3. The van der Waals surface area contributed by atoms with Crippen molar-refractivity contribution in [2.45, 2.75) is 26.2 Å². The van der Waals surface area contributed by atoms with Gasteiger partial charge in [-0.3, -0.25) is 0 Å². The van der Waals surface area contributed by atoms with E-state index in [1.54, 1.807) is 6.08 Å². The minimum Gasteiger partial charge on any atom is -0.308 e. The monoisotopic (exact) mass is 615 g/mol. The molecule has 0 atom stereocenters. The highest BCUT2D eigenvalue weighted by Gasteiger charge is 2.20. The number of fused-ring (bicyclic) bond motifs is 1. The van der Waals surface area contributed by atoms with Gasteiger partial charge in [0.05, 0.1) is 0 Å². The average Bonchev–Trinajstić information content (AvgIpc) is 3.12. The maximum atomic E-state index is 7.89. The van der Waals surface area contributed by atoms with Crippen molar-refractivity contribution in [2.24, 2.45) is 0 Å². The molecule has 0 aromatic heterocycles. The number of allylic oxidation sites excluding steroid dienone is 3. The van der Waals surface area contributed by atoms with Gasteiger partial charge in [-0.2, -0.15) is 0 Å². The van der Waals surface area contributed by atoms with Crippen LogP contribution in [0.3, 0.4) is 0 Å². The van der Waals surface area contributed by atoms with Crippen molar-refractivity contribution in [3.63, 3.8) is 0 Å². The zero-order chi connectivity index (χ0) is 33.0. The highest BCUT2D eigenvalue weighted by atomic mass is 14.3. The molecule has 0 saturated carbocycles. The topological polar surface area (TPSA) is 23.9 Å². The van der Waals surface area contributed by atoms with E-state index in [0.29, 0.717) is 0 Å². The van der Waals surface area contributed by atoms with E-state index in [2.05, 4.69) is 161 Å². The van der Waals surface area contributed by atoms with Gasteiger partial charge in [0.15, 0.2) is 0 Å². The van der Waals surface area contributed by atoms with Crippen molar-refractivity contribution in [3.05, 3.63) is 163 Å². The summed E-state index contributed by atoms with van der Waals surface area (Å²) < 4.78 is 0. The number of hydrogen-bond acceptors (Lipinski definition) is 1. The summed E-state index contributed by atoms with van der Waals surface area (Å²) in [4.78, 5) is 0. The smallest absolute Gasteiger partial charge is 0.0256 e. The van der Waals surface area contributed by atoms with Crippen molar-refractivity contribution in [2.75, 3.05) is 0 Å². The molecule has 0 spiro atoms. The standard InChI is InChI=1S/C47H37N/c1-5-9-37(29-48)30-14-16-33(17-15-30)43-28-44(34-20-18-32(19-21-34)40-13-8-11-31-10-6-7-12-39(31)40)42-25-23-36-27-38(47(2,3)4)26-35-22-24-41(43)46(42)45(35)36/h5-29,48H,1H2,2-4H3/b37-9+,48-29?. The van der Waals surface area contributed by atoms with Gasteiger partial charge in [-0.05, 0) is 105 Å². The Hall–Kier alpha value is -5.79. The molecule has 48 heavy (non-hydrogen) atoms. The van der Waals surface area contributed by atoms with Gasteiger partial charge >= 0.3 is 0 Å². The summed E-state index contributed by atoms with van der Waals surface area (Å²) in [7, 11) is 0. The molecular formula is C47H37N. The van der Waals surface area contributed by atoms with Crippen LogP contribution in [0.15, 0.2) is 152 Å². The summed E-state index contributed by atoms with van der Waals surface area (Å²) in [5.74, 6) is 0. The van der Waals surface area contributed by atoms with Crippen LogP contribution in [-0.4, -0.2) is 6.21 Å². The van der Waals surface area contributed by atoms with Crippen molar-refractivity contribution in [1.82, 2.24) is 0 Å². The average molecular weight is 616 g/mol. The van der Waals surface area contributed by atoms with Crippen LogP contribution in [0.25, 0.3) is 82.0 Å². The van der Waals surface area contributed by atoms with Crippen LogP contribution in [0.4, 0.5) is 0 Å². The quantitative estimate of drug-likeness (QED) is 0.109. The Morgan fingerprint density at radius 1 is 0.542 bits per heavy atom. The molecule has 8 aromatic carbocycles. The first-order valence-electron chi connectivity index (χ1n) is 16.6. The van der Waals surface area contributed by atoms with Crippen LogP contribution >= 0.6 is 0 Å². The summed E-state index contributed by atoms with van der Waals surface area (Å²) in [6.45, 7) is 10.7. The molecule has 0 amide bonds. The van der Waals surface area contributed by atoms with Crippen LogP contribution in [0.2, 0.25) is 0 Å². The summed E-state index contributed by atoms with van der Waals surface area (Å²) in [6.07, 6.45) is 5.00. The molecule has 0 aliphatic heterocycles. The molecule has 0 heterocycles. The minimum absolute atomic E-state index is 0.0592. The number of rotatable bonds is 6. The van der Waals surface area contributed by atoms with Gasteiger partial charge in [0.2, 0.25) is 0 Å². The second-order valence-electron chi connectivity index (χ2n) is 13.8. The molecule has 0 bridgehead atoms. The van der Waals surface area contributed by atoms with Gasteiger partial charge in [-0.1, -0.05) is 167 Å². The minimum atomic E-state index is 0.0592. The maximum absolute atomic E-state index is 7.89. The van der Waals surface area contributed by atoms with Gasteiger partial charge in [0, 0.05) is 6.21 Å². The lowest BCUT2D eigenvalue weighted by Crippen LogP contribution is -2.10. The fourth-order valence-corrected chi connectivity index (χ4v) is 7.33. The first kappa shape index (κ1) is 29.6. The predicted molar refractivity (Wildman–Crippen MR) is 210 cm³/mol.